The Bertz CT molecular complexity index is 772. The van der Waals surface area contributed by atoms with E-state index >= 15 is 0 Å². The zero-order valence-electron chi connectivity index (χ0n) is 12.5. The van der Waals surface area contributed by atoms with Crippen LogP contribution >= 0.6 is 0 Å². The summed E-state index contributed by atoms with van der Waals surface area (Å²) in [6.45, 7) is 4.90. The number of nitrogens with zero attached hydrogens (tertiary/aromatic N) is 4. The Morgan fingerprint density at radius 2 is 2.32 bits per heavy atom. The molecule has 0 radical (unpaired) electrons. The van der Waals surface area contributed by atoms with Crippen LogP contribution in [0.1, 0.15) is 35.3 Å². The van der Waals surface area contributed by atoms with E-state index in [4.69, 9.17) is 4.42 Å². The van der Waals surface area contributed by atoms with Crippen LogP contribution in [0.2, 0.25) is 0 Å². The summed E-state index contributed by atoms with van der Waals surface area (Å²) >= 11 is 0. The van der Waals surface area contributed by atoms with Gasteiger partial charge < -0.3 is 9.73 Å². The van der Waals surface area contributed by atoms with Crippen LogP contribution in [0.3, 0.4) is 0 Å². The predicted octanol–water partition coefficient (Wildman–Crippen LogP) is 2.07. The first-order chi connectivity index (χ1) is 10.7. The quantitative estimate of drug-likeness (QED) is 0.779. The van der Waals surface area contributed by atoms with Gasteiger partial charge >= 0.3 is 0 Å². The zero-order chi connectivity index (χ0) is 15.5. The number of hydrogen-bond donors (Lipinski definition) is 1. The number of carbonyl (C=O) groups is 1. The summed E-state index contributed by atoms with van der Waals surface area (Å²) < 4.78 is 7.30. The molecule has 22 heavy (non-hydrogen) atoms. The summed E-state index contributed by atoms with van der Waals surface area (Å²) in [7, 11) is 0. The normalized spacial score (nSPS) is 11.0. The molecule has 3 heterocycles. The maximum atomic E-state index is 12.2. The minimum absolute atomic E-state index is 0.185. The molecule has 1 amide bonds. The molecule has 0 unspecified atom stereocenters. The molecule has 0 saturated carbocycles. The van der Waals surface area contributed by atoms with Gasteiger partial charge in [-0.1, -0.05) is 6.92 Å². The number of fused-ring (bicyclic) bond motifs is 1. The summed E-state index contributed by atoms with van der Waals surface area (Å²) in [6, 6.07) is 3.57. The van der Waals surface area contributed by atoms with Crippen molar-refractivity contribution >= 4 is 17.1 Å². The Hall–Kier alpha value is -2.70. The summed E-state index contributed by atoms with van der Waals surface area (Å²) in [4.78, 5) is 20.5. The first-order valence-corrected chi connectivity index (χ1v) is 7.20. The van der Waals surface area contributed by atoms with Crippen molar-refractivity contribution in [3.63, 3.8) is 0 Å². The van der Waals surface area contributed by atoms with E-state index < -0.39 is 0 Å². The van der Waals surface area contributed by atoms with Crippen molar-refractivity contribution < 1.29 is 9.21 Å². The van der Waals surface area contributed by atoms with Crippen LogP contribution in [0.25, 0.3) is 11.2 Å². The highest BCUT2D eigenvalue weighted by atomic mass is 16.3. The molecule has 0 bridgehead atoms. The van der Waals surface area contributed by atoms with Crippen LogP contribution < -0.4 is 5.32 Å². The lowest BCUT2D eigenvalue weighted by Crippen LogP contribution is -2.23. The predicted molar refractivity (Wildman–Crippen MR) is 80.2 cm³/mol. The van der Waals surface area contributed by atoms with Gasteiger partial charge in [-0.05, 0) is 25.5 Å². The van der Waals surface area contributed by atoms with E-state index in [0.29, 0.717) is 28.4 Å². The van der Waals surface area contributed by atoms with Crippen molar-refractivity contribution in [3.05, 3.63) is 41.7 Å². The zero-order valence-corrected chi connectivity index (χ0v) is 12.5. The van der Waals surface area contributed by atoms with Gasteiger partial charge in [-0.15, -0.1) is 0 Å². The van der Waals surface area contributed by atoms with Gasteiger partial charge in [0.2, 0.25) is 5.89 Å². The van der Waals surface area contributed by atoms with Crippen LogP contribution in [0.5, 0.6) is 0 Å². The van der Waals surface area contributed by atoms with Crippen LogP contribution in [0, 0.1) is 6.92 Å². The summed E-state index contributed by atoms with van der Waals surface area (Å²) in [5.41, 5.74) is 2.44. The molecule has 7 heteroatoms. The fourth-order valence-corrected chi connectivity index (χ4v) is 2.22. The van der Waals surface area contributed by atoms with Crippen molar-refractivity contribution in [3.8, 4) is 0 Å². The fraction of sp³-hybridized carbons (Fsp3) is 0.333. The first kappa shape index (κ1) is 14.2. The van der Waals surface area contributed by atoms with E-state index in [2.05, 4.69) is 27.3 Å². The highest BCUT2D eigenvalue weighted by Crippen LogP contribution is 2.12. The molecule has 3 aromatic heterocycles. The Balaban J connectivity index is 1.69. The van der Waals surface area contributed by atoms with E-state index in [1.165, 1.54) is 0 Å². The Labute approximate surface area is 127 Å². The first-order valence-electron chi connectivity index (χ1n) is 7.20. The molecule has 3 aromatic rings. The van der Waals surface area contributed by atoms with Gasteiger partial charge in [0.15, 0.2) is 11.2 Å². The van der Waals surface area contributed by atoms with Crippen LogP contribution in [-0.4, -0.2) is 25.7 Å². The second kappa shape index (κ2) is 5.97. The second-order valence-electron chi connectivity index (χ2n) is 5.01. The third-order valence-corrected chi connectivity index (χ3v) is 3.25. The van der Waals surface area contributed by atoms with E-state index in [1.807, 2.05) is 6.92 Å². The number of hydrogen-bond acceptors (Lipinski definition) is 5. The molecular formula is C15H17N5O2. The minimum Gasteiger partial charge on any atom is -0.437 e. The number of aryl methyl sites for hydroxylation is 2. The molecule has 7 nitrogen and oxygen atoms in total. The second-order valence-corrected chi connectivity index (χ2v) is 5.01. The van der Waals surface area contributed by atoms with Crippen molar-refractivity contribution in [2.75, 3.05) is 0 Å². The summed E-state index contributed by atoms with van der Waals surface area (Å²) in [6.07, 6.45) is 4.39. The average molecular weight is 299 g/mol. The van der Waals surface area contributed by atoms with Crippen molar-refractivity contribution in [2.45, 2.75) is 33.4 Å². The monoisotopic (exact) mass is 299 g/mol. The van der Waals surface area contributed by atoms with Gasteiger partial charge in [-0.25, -0.2) is 4.98 Å². The third kappa shape index (κ3) is 2.83. The molecule has 0 fully saturated rings. The topological polar surface area (TPSA) is 85.8 Å². The molecule has 3 rings (SSSR count). The maximum absolute atomic E-state index is 12.2. The van der Waals surface area contributed by atoms with Crippen molar-refractivity contribution in [1.29, 1.82) is 0 Å². The number of aromatic nitrogens is 4. The Morgan fingerprint density at radius 1 is 1.45 bits per heavy atom. The van der Waals surface area contributed by atoms with Gasteiger partial charge in [0.25, 0.3) is 5.91 Å². The molecule has 0 aromatic carbocycles. The molecular weight excluding hydrogens is 282 g/mol. The van der Waals surface area contributed by atoms with Gasteiger partial charge in [-0.2, -0.15) is 10.1 Å². The molecule has 0 atom stereocenters. The smallest absolute Gasteiger partial charge is 0.255 e. The molecule has 114 valence electrons. The molecule has 0 spiro atoms. The summed E-state index contributed by atoms with van der Waals surface area (Å²) in [5.74, 6) is 0.246. The summed E-state index contributed by atoms with van der Waals surface area (Å²) in [5, 5.41) is 7.11. The Morgan fingerprint density at radius 3 is 3.09 bits per heavy atom. The minimum atomic E-state index is -0.185. The van der Waals surface area contributed by atoms with Gasteiger partial charge in [0.05, 0.1) is 17.8 Å². The molecule has 0 aliphatic rings. The number of amides is 1. The van der Waals surface area contributed by atoms with Gasteiger partial charge in [-0.3, -0.25) is 9.48 Å². The lowest BCUT2D eigenvalue weighted by atomic mass is 10.2. The number of rotatable bonds is 5. The van der Waals surface area contributed by atoms with E-state index in [-0.39, 0.29) is 12.5 Å². The highest BCUT2D eigenvalue weighted by Gasteiger charge is 2.14. The van der Waals surface area contributed by atoms with Crippen LogP contribution in [0.4, 0.5) is 0 Å². The lowest BCUT2D eigenvalue weighted by molar-refractivity contribution is 0.0947. The van der Waals surface area contributed by atoms with Gasteiger partial charge in [0, 0.05) is 18.9 Å². The number of carbonyl (C=O) groups excluding carboxylic acids is 1. The maximum Gasteiger partial charge on any atom is 0.255 e. The molecule has 0 aliphatic carbocycles. The fourth-order valence-electron chi connectivity index (χ4n) is 2.22. The largest absolute Gasteiger partial charge is 0.437 e. The molecule has 0 saturated heterocycles. The van der Waals surface area contributed by atoms with E-state index in [0.717, 1.165) is 13.0 Å². The molecule has 1 N–H and O–H groups in total. The van der Waals surface area contributed by atoms with Crippen molar-refractivity contribution in [1.82, 2.24) is 25.1 Å². The van der Waals surface area contributed by atoms with Crippen LogP contribution in [0.15, 0.2) is 28.9 Å². The standard InChI is InChI=1S/C15H17N5O2/c1-3-7-20-9-11(10(2)19-20)15(21)17-8-13-18-14-12(22-13)5-4-6-16-14/h4-6,9H,3,7-8H2,1-2H3,(H,17,21). The Kier molecular flexibility index (Phi) is 3.86. The average Bonchev–Trinajstić information content (AvgIpc) is 3.08. The lowest BCUT2D eigenvalue weighted by Gasteiger charge is -2.00. The third-order valence-electron chi connectivity index (χ3n) is 3.25. The van der Waals surface area contributed by atoms with E-state index in [1.54, 1.807) is 29.2 Å². The SMILES string of the molecule is CCCn1cc(C(=O)NCc2nc3ncccc3o2)c(C)n1. The number of pyridine rings is 1. The van der Waals surface area contributed by atoms with E-state index in [9.17, 15) is 4.79 Å². The van der Waals surface area contributed by atoms with Crippen molar-refractivity contribution in [2.24, 2.45) is 0 Å². The number of oxazole rings is 1. The molecule has 0 aliphatic heterocycles. The highest BCUT2D eigenvalue weighted by molar-refractivity contribution is 5.94. The number of nitrogens with one attached hydrogen (secondary N) is 1. The van der Waals surface area contributed by atoms with Gasteiger partial charge in [0.1, 0.15) is 0 Å². The van der Waals surface area contributed by atoms with Crippen LogP contribution in [-0.2, 0) is 13.1 Å².